The van der Waals surface area contributed by atoms with Gasteiger partial charge in [-0.05, 0) is 18.6 Å². The van der Waals surface area contributed by atoms with Crippen molar-refractivity contribution in [3.05, 3.63) is 76.7 Å². The number of nitrogens with zero attached hydrogens (tertiary/aromatic N) is 3. The minimum atomic E-state index is -0.241. The van der Waals surface area contributed by atoms with E-state index in [1.165, 1.54) is 17.0 Å². The fourth-order valence-electron chi connectivity index (χ4n) is 2.37. The Hall–Kier alpha value is -2.95. The Morgan fingerprint density at radius 2 is 1.95 bits per heavy atom. The second kappa shape index (κ2) is 5.81. The van der Waals surface area contributed by atoms with Crippen LogP contribution in [0.5, 0.6) is 5.75 Å². The first-order chi connectivity index (χ1) is 10.6. The van der Waals surface area contributed by atoms with Gasteiger partial charge in [-0.3, -0.25) is 4.79 Å². The molecule has 1 N–H and O–H groups in total. The monoisotopic (exact) mass is 293 g/mol. The lowest BCUT2D eigenvalue weighted by molar-refractivity contribution is 0.473. The lowest BCUT2D eigenvalue weighted by atomic mass is 10.0. The third-order valence-corrected chi connectivity index (χ3v) is 3.42. The quantitative estimate of drug-likeness (QED) is 0.805. The fraction of sp³-hybridized carbons (Fsp3) is 0.118. The zero-order valence-electron chi connectivity index (χ0n) is 12.1. The molecule has 5 heteroatoms. The molecule has 0 spiro atoms. The Morgan fingerprint density at radius 1 is 1.18 bits per heavy atom. The van der Waals surface area contributed by atoms with E-state index in [2.05, 4.69) is 9.97 Å². The zero-order valence-corrected chi connectivity index (χ0v) is 12.1. The molecule has 0 aliphatic carbocycles. The number of rotatable bonds is 3. The molecule has 3 rings (SSSR count). The van der Waals surface area contributed by atoms with Crippen LogP contribution in [-0.2, 0) is 6.54 Å². The first kappa shape index (κ1) is 14.0. The molecular weight excluding hydrogens is 278 g/mol. The van der Waals surface area contributed by atoms with Gasteiger partial charge in [0.15, 0.2) is 0 Å². The molecule has 0 amide bonds. The van der Waals surface area contributed by atoms with E-state index in [9.17, 15) is 9.90 Å². The number of pyridine rings is 1. The number of hydrogen-bond donors (Lipinski definition) is 1. The highest BCUT2D eigenvalue weighted by molar-refractivity contribution is 5.69. The fourth-order valence-corrected chi connectivity index (χ4v) is 2.37. The summed E-state index contributed by atoms with van der Waals surface area (Å²) in [5.41, 5.74) is 2.63. The smallest absolute Gasteiger partial charge is 0.262 e. The van der Waals surface area contributed by atoms with Crippen molar-refractivity contribution < 1.29 is 5.11 Å². The van der Waals surface area contributed by atoms with Gasteiger partial charge in [0.25, 0.3) is 5.56 Å². The predicted molar refractivity (Wildman–Crippen MR) is 83.7 cm³/mol. The summed E-state index contributed by atoms with van der Waals surface area (Å²) in [5, 5.41) is 10.1. The number of aromatic hydroxyl groups is 1. The summed E-state index contributed by atoms with van der Waals surface area (Å²) >= 11 is 0. The predicted octanol–water partition coefficient (Wildman–Crippen LogP) is 2.37. The summed E-state index contributed by atoms with van der Waals surface area (Å²) in [6.07, 6.45) is 6.35. The first-order valence-corrected chi connectivity index (χ1v) is 6.88. The second-order valence-electron chi connectivity index (χ2n) is 5.13. The number of hydrogen-bond acceptors (Lipinski definition) is 4. The van der Waals surface area contributed by atoms with Gasteiger partial charge >= 0.3 is 0 Å². The molecule has 0 aliphatic rings. The van der Waals surface area contributed by atoms with Gasteiger partial charge in [0.05, 0.1) is 12.1 Å². The molecule has 0 fully saturated rings. The molecule has 2 aromatic heterocycles. The van der Waals surface area contributed by atoms with Crippen LogP contribution in [0, 0.1) is 6.92 Å². The summed E-state index contributed by atoms with van der Waals surface area (Å²) in [6, 6.07) is 9.05. The van der Waals surface area contributed by atoms with Crippen LogP contribution in [0.25, 0.3) is 11.1 Å². The summed E-state index contributed by atoms with van der Waals surface area (Å²) in [6.45, 7) is 2.31. The minimum absolute atomic E-state index is 0.0174. The van der Waals surface area contributed by atoms with Crippen LogP contribution in [0.4, 0.5) is 0 Å². The Labute approximate surface area is 127 Å². The van der Waals surface area contributed by atoms with E-state index in [1.807, 2.05) is 31.2 Å². The summed E-state index contributed by atoms with van der Waals surface area (Å²) in [7, 11) is 0. The molecule has 3 aromatic rings. The third-order valence-electron chi connectivity index (χ3n) is 3.42. The minimum Gasteiger partial charge on any atom is -0.507 e. The van der Waals surface area contributed by atoms with Crippen molar-refractivity contribution in [3.8, 4) is 16.9 Å². The Morgan fingerprint density at radius 3 is 2.68 bits per heavy atom. The van der Waals surface area contributed by atoms with Gasteiger partial charge in [-0.1, -0.05) is 29.8 Å². The normalized spacial score (nSPS) is 10.6. The molecule has 5 nitrogen and oxygen atoms in total. The highest BCUT2D eigenvalue weighted by atomic mass is 16.3. The molecule has 0 radical (unpaired) electrons. The molecular formula is C17H15N3O2. The van der Waals surface area contributed by atoms with Crippen molar-refractivity contribution in [3.63, 3.8) is 0 Å². The molecule has 0 saturated heterocycles. The second-order valence-corrected chi connectivity index (χ2v) is 5.13. The van der Waals surface area contributed by atoms with E-state index in [1.54, 1.807) is 18.6 Å². The van der Waals surface area contributed by atoms with Gasteiger partial charge < -0.3 is 9.67 Å². The van der Waals surface area contributed by atoms with E-state index >= 15 is 0 Å². The van der Waals surface area contributed by atoms with Gasteiger partial charge in [0.1, 0.15) is 12.1 Å². The van der Waals surface area contributed by atoms with Crippen LogP contribution in [0.3, 0.4) is 0 Å². The van der Waals surface area contributed by atoms with Gasteiger partial charge in [-0.15, -0.1) is 0 Å². The highest BCUT2D eigenvalue weighted by Gasteiger charge is 2.12. The average Bonchev–Trinajstić information content (AvgIpc) is 2.51. The standard InChI is InChI=1S/C17H15N3O2/c1-12-3-2-4-14(7-12)16-15(21)5-6-20(17(16)22)10-13-8-18-11-19-9-13/h2-9,11,21H,10H2,1H3. The maximum absolute atomic E-state index is 12.7. The molecule has 0 bridgehead atoms. The van der Waals surface area contributed by atoms with Crippen LogP contribution in [0.15, 0.2) is 60.0 Å². The maximum Gasteiger partial charge on any atom is 0.262 e. The van der Waals surface area contributed by atoms with E-state index in [-0.39, 0.29) is 11.3 Å². The van der Waals surface area contributed by atoms with Crippen molar-refractivity contribution in [2.45, 2.75) is 13.5 Å². The first-order valence-electron chi connectivity index (χ1n) is 6.88. The molecule has 110 valence electrons. The van der Waals surface area contributed by atoms with Gasteiger partial charge in [-0.2, -0.15) is 0 Å². The van der Waals surface area contributed by atoms with E-state index in [0.29, 0.717) is 17.7 Å². The molecule has 22 heavy (non-hydrogen) atoms. The Bertz CT molecular complexity index is 857. The Kier molecular flexibility index (Phi) is 3.70. The summed E-state index contributed by atoms with van der Waals surface area (Å²) in [5.74, 6) is -0.0174. The van der Waals surface area contributed by atoms with Crippen LogP contribution in [-0.4, -0.2) is 19.6 Å². The van der Waals surface area contributed by atoms with E-state index in [4.69, 9.17) is 0 Å². The van der Waals surface area contributed by atoms with Crippen molar-refractivity contribution in [1.82, 2.24) is 14.5 Å². The largest absolute Gasteiger partial charge is 0.507 e. The molecule has 0 saturated carbocycles. The molecule has 2 heterocycles. The van der Waals surface area contributed by atoms with Crippen molar-refractivity contribution >= 4 is 0 Å². The summed E-state index contributed by atoms with van der Waals surface area (Å²) in [4.78, 5) is 20.6. The van der Waals surface area contributed by atoms with Crippen LogP contribution >= 0.6 is 0 Å². The Balaban J connectivity index is 2.08. The van der Waals surface area contributed by atoms with Crippen molar-refractivity contribution in [1.29, 1.82) is 0 Å². The number of aromatic nitrogens is 3. The van der Waals surface area contributed by atoms with Gasteiger partial charge in [-0.25, -0.2) is 9.97 Å². The zero-order chi connectivity index (χ0) is 15.5. The lowest BCUT2D eigenvalue weighted by Crippen LogP contribution is -2.21. The molecule has 0 aliphatic heterocycles. The maximum atomic E-state index is 12.7. The third kappa shape index (κ3) is 2.74. The number of aryl methyl sites for hydroxylation is 1. The topological polar surface area (TPSA) is 68.0 Å². The van der Waals surface area contributed by atoms with Crippen LogP contribution in [0.1, 0.15) is 11.1 Å². The lowest BCUT2D eigenvalue weighted by Gasteiger charge is -2.10. The van der Waals surface area contributed by atoms with E-state index < -0.39 is 0 Å². The summed E-state index contributed by atoms with van der Waals surface area (Å²) < 4.78 is 1.54. The highest BCUT2D eigenvalue weighted by Crippen LogP contribution is 2.25. The van der Waals surface area contributed by atoms with E-state index in [0.717, 1.165) is 11.1 Å². The van der Waals surface area contributed by atoms with Crippen LogP contribution in [0.2, 0.25) is 0 Å². The SMILES string of the molecule is Cc1cccc(-c2c(O)ccn(Cc3cncnc3)c2=O)c1. The van der Waals surface area contributed by atoms with Crippen LogP contribution < -0.4 is 5.56 Å². The van der Waals surface area contributed by atoms with Crippen molar-refractivity contribution in [2.24, 2.45) is 0 Å². The van der Waals surface area contributed by atoms with Gasteiger partial charge in [0, 0.05) is 24.2 Å². The van der Waals surface area contributed by atoms with Gasteiger partial charge in [0.2, 0.25) is 0 Å². The average molecular weight is 293 g/mol. The molecule has 1 aromatic carbocycles. The molecule has 0 unspecified atom stereocenters. The molecule has 0 atom stereocenters. The number of benzene rings is 1. The van der Waals surface area contributed by atoms with Crippen molar-refractivity contribution in [2.75, 3.05) is 0 Å².